The van der Waals surface area contributed by atoms with E-state index >= 15 is 0 Å². The van der Waals surface area contributed by atoms with Crippen LogP contribution in [0.1, 0.15) is 36.1 Å². The lowest BCUT2D eigenvalue weighted by Gasteiger charge is -2.32. The van der Waals surface area contributed by atoms with Gasteiger partial charge in [-0.3, -0.25) is 4.90 Å². The van der Waals surface area contributed by atoms with Crippen LogP contribution in [0.5, 0.6) is 11.5 Å². The summed E-state index contributed by atoms with van der Waals surface area (Å²) < 4.78 is 12.1. The molecule has 0 spiro atoms. The summed E-state index contributed by atoms with van der Waals surface area (Å²) in [5.74, 6) is 1.54. The molecule has 1 aliphatic heterocycles. The molecule has 1 heterocycles. The maximum Gasteiger partial charge on any atom is 0.161 e. The summed E-state index contributed by atoms with van der Waals surface area (Å²) in [6.07, 6.45) is 1.12. The predicted octanol–water partition coefficient (Wildman–Crippen LogP) is 5.70. The van der Waals surface area contributed by atoms with Gasteiger partial charge in [-0.05, 0) is 60.8 Å². The van der Waals surface area contributed by atoms with E-state index in [2.05, 4.69) is 46.6 Å². The zero-order valence-electron chi connectivity index (χ0n) is 18.6. The number of hydrogen-bond donors (Lipinski definition) is 1. The zero-order chi connectivity index (χ0) is 22.2. The van der Waals surface area contributed by atoms with Gasteiger partial charge < -0.3 is 14.8 Å². The van der Waals surface area contributed by atoms with E-state index in [0.29, 0.717) is 13.2 Å². The van der Waals surface area contributed by atoms with Crippen molar-refractivity contribution in [3.63, 3.8) is 0 Å². The van der Waals surface area contributed by atoms with Crippen molar-refractivity contribution in [2.45, 2.75) is 26.0 Å². The molecule has 0 aliphatic carbocycles. The second-order valence-electron chi connectivity index (χ2n) is 8.01. The van der Waals surface area contributed by atoms with Gasteiger partial charge in [-0.1, -0.05) is 60.1 Å². The molecule has 4 rings (SSSR count). The van der Waals surface area contributed by atoms with Crippen molar-refractivity contribution in [2.75, 3.05) is 32.8 Å². The Morgan fingerprint density at radius 3 is 2.53 bits per heavy atom. The molecule has 5 heteroatoms. The Kier molecular flexibility index (Phi) is 8.05. The third-order valence-electron chi connectivity index (χ3n) is 5.72. The second-order valence-corrected chi connectivity index (χ2v) is 8.45. The third-order valence-corrected chi connectivity index (χ3v) is 5.96. The first kappa shape index (κ1) is 22.7. The highest BCUT2D eigenvalue weighted by atomic mass is 35.5. The summed E-state index contributed by atoms with van der Waals surface area (Å²) in [4.78, 5) is 2.53. The average Bonchev–Trinajstić information content (AvgIpc) is 3.09. The first-order chi connectivity index (χ1) is 15.7. The predicted molar refractivity (Wildman–Crippen MR) is 131 cm³/mol. The SMILES string of the molecule is CCOc1cc(C(c2cccc(Cl)c2)N2CCCNCC2)ccc1OCc1ccccc1. The van der Waals surface area contributed by atoms with Gasteiger partial charge in [0.05, 0.1) is 12.6 Å². The monoisotopic (exact) mass is 450 g/mol. The van der Waals surface area contributed by atoms with E-state index < -0.39 is 0 Å². The number of rotatable bonds is 8. The van der Waals surface area contributed by atoms with Crippen LogP contribution >= 0.6 is 11.6 Å². The minimum Gasteiger partial charge on any atom is -0.490 e. The average molecular weight is 451 g/mol. The lowest BCUT2D eigenvalue weighted by atomic mass is 9.96. The molecule has 4 nitrogen and oxygen atoms in total. The fourth-order valence-corrected chi connectivity index (χ4v) is 4.43. The van der Waals surface area contributed by atoms with Gasteiger partial charge >= 0.3 is 0 Å². The van der Waals surface area contributed by atoms with Crippen molar-refractivity contribution in [2.24, 2.45) is 0 Å². The Labute approximate surface area is 196 Å². The molecule has 3 aromatic rings. The number of ether oxygens (including phenoxy) is 2. The molecule has 0 amide bonds. The van der Waals surface area contributed by atoms with Crippen LogP contribution in [0, 0.1) is 0 Å². The van der Waals surface area contributed by atoms with Gasteiger partial charge in [0, 0.05) is 24.7 Å². The molecule has 0 saturated carbocycles. The molecule has 168 valence electrons. The van der Waals surface area contributed by atoms with Gasteiger partial charge in [0.25, 0.3) is 0 Å². The van der Waals surface area contributed by atoms with E-state index in [9.17, 15) is 0 Å². The van der Waals surface area contributed by atoms with Crippen LogP contribution in [0.4, 0.5) is 0 Å². The molecule has 32 heavy (non-hydrogen) atoms. The normalized spacial score (nSPS) is 15.7. The van der Waals surface area contributed by atoms with E-state index in [-0.39, 0.29) is 6.04 Å². The first-order valence-electron chi connectivity index (χ1n) is 11.4. The van der Waals surface area contributed by atoms with Crippen molar-refractivity contribution in [1.29, 1.82) is 0 Å². The van der Waals surface area contributed by atoms with E-state index in [1.54, 1.807) is 0 Å². The Bertz CT molecular complexity index is 988. The minimum absolute atomic E-state index is 0.107. The number of benzene rings is 3. The first-order valence-corrected chi connectivity index (χ1v) is 11.8. The summed E-state index contributed by atoms with van der Waals surface area (Å²) in [6.45, 7) is 7.13. The van der Waals surface area contributed by atoms with Crippen LogP contribution in [-0.4, -0.2) is 37.7 Å². The summed E-state index contributed by atoms with van der Waals surface area (Å²) in [7, 11) is 0. The van der Waals surface area contributed by atoms with E-state index in [0.717, 1.165) is 54.7 Å². The summed E-state index contributed by atoms with van der Waals surface area (Å²) >= 11 is 6.38. The lowest BCUT2D eigenvalue weighted by molar-refractivity contribution is 0.238. The number of hydrogen-bond acceptors (Lipinski definition) is 4. The lowest BCUT2D eigenvalue weighted by Crippen LogP contribution is -2.33. The highest BCUT2D eigenvalue weighted by Gasteiger charge is 2.25. The van der Waals surface area contributed by atoms with Crippen LogP contribution in [0.15, 0.2) is 72.8 Å². The van der Waals surface area contributed by atoms with E-state index in [1.807, 2.05) is 43.3 Å². The molecular formula is C27H31ClN2O2. The fourth-order valence-electron chi connectivity index (χ4n) is 4.23. The summed E-state index contributed by atoms with van der Waals surface area (Å²) in [5.41, 5.74) is 3.51. The van der Waals surface area contributed by atoms with E-state index in [4.69, 9.17) is 21.1 Å². The van der Waals surface area contributed by atoms with Crippen LogP contribution in [0.2, 0.25) is 5.02 Å². The van der Waals surface area contributed by atoms with Gasteiger partial charge in [0.15, 0.2) is 11.5 Å². The van der Waals surface area contributed by atoms with Crippen LogP contribution in [0.25, 0.3) is 0 Å². The smallest absolute Gasteiger partial charge is 0.161 e. The van der Waals surface area contributed by atoms with Crippen molar-refractivity contribution in [3.8, 4) is 11.5 Å². The van der Waals surface area contributed by atoms with Gasteiger partial charge in [-0.15, -0.1) is 0 Å². The highest BCUT2D eigenvalue weighted by Crippen LogP contribution is 2.36. The molecule has 0 radical (unpaired) electrons. The number of nitrogens with one attached hydrogen (secondary N) is 1. The van der Waals surface area contributed by atoms with Gasteiger partial charge in [0.2, 0.25) is 0 Å². The Balaban J connectivity index is 1.66. The standard InChI is InChI=1S/C27H31ClN2O2/c1-2-31-26-19-23(12-13-25(26)32-20-21-8-4-3-5-9-21)27(22-10-6-11-24(28)18-22)30-16-7-14-29-15-17-30/h3-6,8-13,18-19,27,29H,2,7,14-17,20H2,1H3. The molecule has 1 saturated heterocycles. The highest BCUT2D eigenvalue weighted by molar-refractivity contribution is 6.30. The van der Waals surface area contributed by atoms with E-state index in [1.165, 1.54) is 11.1 Å². The van der Waals surface area contributed by atoms with Crippen molar-refractivity contribution >= 4 is 11.6 Å². The zero-order valence-corrected chi connectivity index (χ0v) is 19.4. The molecule has 1 N–H and O–H groups in total. The summed E-state index contributed by atoms with van der Waals surface area (Å²) in [6, 6.07) is 24.8. The molecule has 1 aliphatic rings. The largest absolute Gasteiger partial charge is 0.490 e. The Hall–Kier alpha value is -2.53. The molecule has 0 aromatic heterocycles. The quantitative estimate of drug-likeness (QED) is 0.477. The number of halogens is 1. The van der Waals surface area contributed by atoms with Gasteiger partial charge in [-0.2, -0.15) is 0 Å². The minimum atomic E-state index is 0.107. The van der Waals surface area contributed by atoms with Crippen LogP contribution in [-0.2, 0) is 6.61 Å². The van der Waals surface area contributed by atoms with Gasteiger partial charge in [-0.25, -0.2) is 0 Å². The third kappa shape index (κ3) is 5.83. The van der Waals surface area contributed by atoms with Crippen molar-refractivity contribution in [3.05, 3.63) is 94.5 Å². The molecule has 1 atom stereocenters. The number of nitrogens with zero attached hydrogens (tertiary/aromatic N) is 1. The molecule has 1 fully saturated rings. The fraction of sp³-hybridized carbons (Fsp3) is 0.333. The summed E-state index contributed by atoms with van der Waals surface area (Å²) in [5, 5.41) is 4.26. The maximum atomic E-state index is 6.38. The van der Waals surface area contributed by atoms with Crippen LogP contribution in [0.3, 0.4) is 0 Å². The van der Waals surface area contributed by atoms with Crippen molar-refractivity contribution in [1.82, 2.24) is 10.2 Å². The van der Waals surface area contributed by atoms with Gasteiger partial charge in [0.1, 0.15) is 6.61 Å². The molecular weight excluding hydrogens is 420 g/mol. The Morgan fingerprint density at radius 1 is 0.875 bits per heavy atom. The molecule has 1 unspecified atom stereocenters. The van der Waals surface area contributed by atoms with Crippen LogP contribution < -0.4 is 14.8 Å². The molecule has 0 bridgehead atoms. The Morgan fingerprint density at radius 2 is 1.72 bits per heavy atom. The maximum absolute atomic E-state index is 6.38. The second kappa shape index (κ2) is 11.4. The topological polar surface area (TPSA) is 33.7 Å². The van der Waals surface area contributed by atoms with Crippen molar-refractivity contribution < 1.29 is 9.47 Å². The molecule has 3 aromatic carbocycles.